The van der Waals surface area contributed by atoms with Crippen LogP contribution in [0.3, 0.4) is 0 Å². The number of carbonyl (C=O) groups is 1. The Morgan fingerprint density at radius 3 is 2.76 bits per heavy atom. The predicted octanol–water partition coefficient (Wildman–Crippen LogP) is 4.98. The molecule has 1 aliphatic carbocycles. The van der Waals surface area contributed by atoms with Crippen LogP contribution >= 0.6 is 23.2 Å². The van der Waals surface area contributed by atoms with Gasteiger partial charge in [-0.2, -0.15) is 5.10 Å². The summed E-state index contributed by atoms with van der Waals surface area (Å²) in [5.74, 6) is -0.0790. The second-order valence-electron chi connectivity index (χ2n) is 6.62. The van der Waals surface area contributed by atoms with E-state index in [1.807, 2.05) is 23.7 Å². The molecule has 2 aromatic rings. The maximum absolute atomic E-state index is 12.5. The summed E-state index contributed by atoms with van der Waals surface area (Å²) < 4.78 is 2.03. The zero-order valence-corrected chi connectivity index (χ0v) is 15.9. The van der Waals surface area contributed by atoms with Crippen molar-refractivity contribution in [3.8, 4) is 0 Å². The first-order valence-corrected chi connectivity index (χ1v) is 9.58. The van der Waals surface area contributed by atoms with E-state index in [9.17, 15) is 4.79 Å². The minimum Gasteiger partial charge on any atom is -0.352 e. The number of hydrogen-bond acceptors (Lipinski definition) is 2. The highest BCUT2D eigenvalue weighted by Crippen LogP contribution is 2.29. The number of hydrogen-bond donors (Lipinski definition) is 1. The van der Waals surface area contributed by atoms with Crippen LogP contribution in [0.2, 0.25) is 10.0 Å². The molecule has 134 valence electrons. The summed E-state index contributed by atoms with van der Waals surface area (Å²) in [5, 5.41) is 8.68. The van der Waals surface area contributed by atoms with Gasteiger partial charge in [-0.15, -0.1) is 0 Å². The number of nitrogens with zero attached hydrogens (tertiary/aromatic N) is 2. The van der Waals surface area contributed by atoms with Crippen molar-refractivity contribution in [3.05, 3.63) is 51.3 Å². The average Bonchev–Trinajstić information content (AvgIpc) is 2.99. The summed E-state index contributed by atoms with van der Waals surface area (Å²) in [5.41, 5.74) is 2.59. The molecule has 1 aliphatic rings. The molecule has 0 spiro atoms. The maximum atomic E-state index is 12.5. The van der Waals surface area contributed by atoms with Crippen LogP contribution in [0.15, 0.2) is 24.4 Å². The Hall–Kier alpha value is -1.52. The number of nitrogens with one attached hydrogen (secondary N) is 1. The van der Waals surface area contributed by atoms with E-state index >= 15 is 0 Å². The number of aromatic nitrogens is 2. The molecule has 25 heavy (non-hydrogen) atoms. The highest BCUT2D eigenvalue weighted by atomic mass is 35.5. The van der Waals surface area contributed by atoms with Crippen LogP contribution in [0.4, 0.5) is 0 Å². The smallest absolute Gasteiger partial charge is 0.254 e. The van der Waals surface area contributed by atoms with Gasteiger partial charge in [0.1, 0.15) is 0 Å². The van der Waals surface area contributed by atoms with E-state index in [0.29, 0.717) is 34.6 Å². The molecule has 1 aromatic heterocycles. The Kier molecular flexibility index (Phi) is 6.02. The van der Waals surface area contributed by atoms with Crippen LogP contribution in [-0.2, 0) is 6.42 Å². The summed E-state index contributed by atoms with van der Waals surface area (Å²) in [6.07, 6.45) is 8.45. The Labute approximate surface area is 158 Å². The summed E-state index contributed by atoms with van der Waals surface area (Å²) in [4.78, 5) is 12.5. The van der Waals surface area contributed by atoms with E-state index in [1.165, 1.54) is 19.3 Å². The van der Waals surface area contributed by atoms with Gasteiger partial charge >= 0.3 is 0 Å². The fraction of sp³-hybridized carbons (Fsp3) is 0.474. The van der Waals surface area contributed by atoms with Gasteiger partial charge in [0.25, 0.3) is 5.91 Å². The van der Waals surface area contributed by atoms with Gasteiger partial charge in [-0.05, 0) is 43.9 Å². The van der Waals surface area contributed by atoms with Gasteiger partial charge in [-0.3, -0.25) is 9.48 Å². The van der Waals surface area contributed by atoms with Crippen molar-refractivity contribution in [3.63, 3.8) is 0 Å². The second kappa shape index (κ2) is 8.24. The normalized spacial score (nSPS) is 15.3. The van der Waals surface area contributed by atoms with Crippen LogP contribution in [0.1, 0.15) is 59.8 Å². The quantitative estimate of drug-likeness (QED) is 0.796. The van der Waals surface area contributed by atoms with E-state index in [-0.39, 0.29) is 5.91 Å². The lowest BCUT2D eigenvalue weighted by atomic mass is 9.95. The van der Waals surface area contributed by atoms with Gasteiger partial charge in [-0.1, -0.05) is 48.5 Å². The fourth-order valence-corrected chi connectivity index (χ4v) is 3.97. The van der Waals surface area contributed by atoms with Gasteiger partial charge < -0.3 is 5.32 Å². The first-order chi connectivity index (χ1) is 12.1. The number of amides is 1. The predicted molar refractivity (Wildman–Crippen MR) is 102 cm³/mol. The van der Waals surface area contributed by atoms with Gasteiger partial charge in [-0.25, -0.2) is 0 Å². The number of rotatable bonds is 5. The molecular weight excluding hydrogens is 357 g/mol. The van der Waals surface area contributed by atoms with Crippen LogP contribution in [0.25, 0.3) is 0 Å². The Morgan fingerprint density at radius 2 is 2.04 bits per heavy atom. The van der Waals surface area contributed by atoms with Gasteiger partial charge in [0.05, 0.1) is 17.8 Å². The number of carbonyl (C=O) groups excluding carboxylic acids is 1. The monoisotopic (exact) mass is 379 g/mol. The van der Waals surface area contributed by atoms with E-state index < -0.39 is 0 Å². The van der Waals surface area contributed by atoms with Crippen LogP contribution in [0, 0.1) is 6.92 Å². The zero-order valence-electron chi connectivity index (χ0n) is 14.4. The first kappa shape index (κ1) is 18.3. The van der Waals surface area contributed by atoms with E-state index in [1.54, 1.807) is 12.3 Å². The van der Waals surface area contributed by atoms with Crippen molar-refractivity contribution in [1.82, 2.24) is 15.1 Å². The molecule has 1 heterocycles. The SMILES string of the molecule is Cc1c(C(=O)NCCc2ccc(Cl)cc2Cl)cnn1C1CCCCC1. The molecule has 0 atom stereocenters. The molecule has 0 bridgehead atoms. The molecular formula is C19H23Cl2N3O. The summed E-state index contributed by atoms with van der Waals surface area (Å²) >= 11 is 12.1. The van der Waals surface area contributed by atoms with E-state index in [2.05, 4.69) is 10.4 Å². The minimum atomic E-state index is -0.0790. The molecule has 1 amide bonds. The summed E-state index contributed by atoms with van der Waals surface area (Å²) in [7, 11) is 0. The van der Waals surface area contributed by atoms with Gasteiger partial charge in [0.2, 0.25) is 0 Å². The largest absolute Gasteiger partial charge is 0.352 e. The van der Waals surface area contributed by atoms with Crippen molar-refractivity contribution in [2.75, 3.05) is 6.54 Å². The highest BCUT2D eigenvalue weighted by Gasteiger charge is 2.21. The van der Waals surface area contributed by atoms with Crippen molar-refractivity contribution in [2.24, 2.45) is 0 Å². The van der Waals surface area contributed by atoms with Crippen LogP contribution in [0.5, 0.6) is 0 Å². The lowest BCUT2D eigenvalue weighted by molar-refractivity contribution is 0.0953. The lowest BCUT2D eigenvalue weighted by Gasteiger charge is -2.23. The fourth-order valence-electron chi connectivity index (χ4n) is 3.47. The Balaban J connectivity index is 1.59. The van der Waals surface area contributed by atoms with Crippen molar-refractivity contribution >= 4 is 29.1 Å². The molecule has 3 rings (SSSR count). The second-order valence-corrected chi connectivity index (χ2v) is 7.47. The van der Waals surface area contributed by atoms with Crippen LogP contribution < -0.4 is 5.32 Å². The third-order valence-corrected chi connectivity index (χ3v) is 5.49. The van der Waals surface area contributed by atoms with Gasteiger partial charge in [0, 0.05) is 22.3 Å². The topological polar surface area (TPSA) is 46.9 Å². The Morgan fingerprint density at radius 1 is 1.28 bits per heavy atom. The molecule has 0 aliphatic heterocycles. The van der Waals surface area contributed by atoms with Gasteiger partial charge in [0.15, 0.2) is 0 Å². The maximum Gasteiger partial charge on any atom is 0.254 e. The number of halogens is 2. The molecule has 4 nitrogen and oxygen atoms in total. The standard InChI is InChI=1S/C19H23Cl2N3O/c1-13-17(12-23-24(13)16-5-3-2-4-6-16)19(25)22-10-9-14-7-8-15(20)11-18(14)21/h7-8,11-12,16H,2-6,9-10H2,1H3,(H,22,25). The minimum absolute atomic E-state index is 0.0790. The highest BCUT2D eigenvalue weighted by molar-refractivity contribution is 6.35. The third kappa shape index (κ3) is 4.36. The van der Waals surface area contributed by atoms with Crippen molar-refractivity contribution < 1.29 is 4.79 Å². The molecule has 1 saturated carbocycles. The molecule has 1 aromatic carbocycles. The third-order valence-electron chi connectivity index (χ3n) is 4.90. The van der Waals surface area contributed by atoms with E-state index in [0.717, 1.165) is 24.1 Å². The Bertz CT molecular complexity index is 751. The molecule has 0 radical (unpaired) electrons. The van der Waals surface area contributed by atoms with E-state index in [4.69, 9.17) is 23.2 Å². The zero-order chi connectivity index (χ0) is 17.8. The summed E-state index contributed by atoms with van der Waals surface area (Å²) in [6.45, 7) is 2.50. The molecule has 0 saturated heterocycles. The lowest BCUT2D eigenvalue weighted by Crippen LogP contribution is -2.26. The molecule has 1 N–H and O–H groups in total. The molecule has 6 heteroatoms. The number of benzene rings is 1. The first-order valence-electron chi connectivity index (χ1n) is 8.82. The van der Waals surface area contributed by atoms with Crippen LogP contribution in [-0.4, -0.2) is 22.2 Å². The molecule has 1 fully saturated rings. The van der Waals surface area contributed by atoms with Crippen molar-refractivity contribution in [2.45, 2.75) is 51.5 Å². The summed E-state index contributed by atoms with van der Waals surface area (Å²) in [6, 6.07) is 5.85. The van der Waals surface area contributed by atoms with Crippen molar-refractivity contribution in [1.29, 1.82) is 0 Å². The average molecular weight is 380 g/mol. The molecule has 0 unspecified atom stereocenters.